The molecule has 1 heterocycles. The second-order valence-corrected chi connectivity index (χ2v) is 8.19. The number of rotatable bonds is 7. The van der Waals surface area contributed by atoms with Crippen LogP contribution < -0.4 is 5.32 Å². The van der Waals surface area contributed by atoms with Crippen molar-refractivity contribution in [2.45, 2.75) is 45.2 Å². The Morgan fingerprint density at radius 3 is 2.43 bits per heavy atom. The van der Waals surface area contributed by atoms with Crippen LogP contribution in [-0.4, -0.2) is 66.5 Å². The molecule has 21 heavy (non-hydrogen) atoms. The quantitative estimate of drug-likeness (QED) is 0.677. The Morgan fingerprint density at radius 1 is 1.38 bits per heavy atom. The largest absolute Gasteiger partial charge is 0.480 e. The Labute approximate surface area is 125 Å². The molecule has 2 N–H and O–H groups in total. The van der Waals surface area contributed by atoms with Crippen LogP contribution in [0.5, 0.6) is 0 Å². The Morgan fingerprint density at radius 2 is 2.00 bits per heavy atom. The van der Waals surface area contributed by atoms with E-state index >= 15 is 0 Å². The number of carboxylic acid groups (broad SMARTS) is 1. The number of amides is 1. The van der Waals surface area contributed by atoms with Gasteiger partial charge in [0.25, 0.3) is 0 Å². The molecule has 122 valence electrons. The fourth-order valence-corrected chi connectivity index (χ4v) is 4.56. The third kappa shape index (κ3) is 5.62. The first-order chi connectivity index (χ1) is 9.57. The van der Waals surface area contributed by atoms with Crippen LogP contribution in [-0.2, 0) is 19.4 Å². The van der Waals surface area contributed by atoms with Crippen LogP contribution in [0.4, 0.5) is 0 Å². The maximum Gasteiger partial charge on any atom is 0.317 e. The van der Waals surface area contributed by atoms with Gasteiger partial charge in [-0.15, -0.1) is 0 Å². The molecule has 0 aromatic heterocycles. The lowest BCUT2D eigenvalue weighted by molar-refractivity contribution is -0.139. The summed E-state index contributed by atoms with van der Waals surface area (Å²) >= 11 is 0. The van der Waals surface area contributed by atoms with Gasteiger partial charge in [-0.05, 0) is 26.7 Å². The normalized spacial score (nSPS) is 25.7. The van der Waals surface area contributed by atoms with Gasteiger partial charge in [0, 0.05) is 6.04 Å². The number of carbonyl (C=O) groups is 2. The summed E-state index contributed by atoms with van der Waals surface area (Å²) in [6.45, 7) is 5.23. The van der Waals surface area contributed by atoms with Gasteiger partial charge >= 0.3 is 5.97 Å². The van der Waals surface area contributed by atoms with Crippen LogP contribution in [0.15, 0.2) is 0 Å². The number of carboxylic acids is 1. The van der Waals surface area contributed by atoms with E-state index < -0.39 is 21.3 Å². The first kappa shape index (κ1) is 17.9. The Kier molecular flexibility index (Phi) is 5.75. The molecule has 0 spiro atoms. The lowest BCUT2D eigenvalue weighted by Gasteiger charge is -2.29. The van der Waals surface area contributed by atoms with Crippen molar-refractivity contribution in [3.05, 3.63) is 0 Å². The molecule has 0 saturated carbocycles. The molecular weight excluding hydrogens is 296 g/mol. The van der Waals surface area contributed by atoms with Crippen LogP contribution in [0.25, 0.3) is 0 Å². The van der Waals surface area contributed by atoms with Crippen LogP contribution in [0.2, 0.25) is 0 Å². The van der Waals surface area contributed by atoms with Crippen LogP contribution in [0.3, 0.4) is 0 Å². The van der Waals surface area contributed by atoms with Crippen molar-refractivity contribution in [3.63, 3.8) is 0 Å². The highest BCUT2D eigenvalue weighted by Gasteiger charge is 2.39. The minimum Gasteiger partial charge on any atom is -0.480 e. The van der Waals surface area contributed by atoms with Crippen molar-refractivity contribution >= 4 is 21.7 Å². The second-order valence-electron chi connectivity index (χ2n) is 6.01. The van der Waals surface area contributed by atoms with Crippen molar-refractivity contribution in [2.75, 3.05) is 24.6 Å². The zero-order valence-corrected chi connectivity index (χ0v) is 13.6. The van der Waals surface area contributed by atoms with Gasteiger partial charge in [0.2, 0.25) is 5.91 Å². The molecule has 1 fully saturated rings. The summed E-state index contributed by atoms with van der Waals surface area (Å²) in [4.78, 5) is 24.5. The average molecular weight is 320 g/mol. The Balaban J connectivity index is 2.64. The van der Waals surface area contributed by atoms with Crippen molar-refractivity contribution in [1.29, 1.82) is 0 Å². The number of sulfone groups is 1. The molecule has 0 aromatic carbocycles. The molecular formula is C13H24N2O5S. The lowest BCUT2D eigenvalue weighted by Crippen LogP contribution is -2.52. The number of nitrogens with one attached hydrogen (secondary N) is 1. The number of carbonyl (C=O) groups excluding carboxylic acids is 1. The van der Waals surface area contributed by atoms with Crippen LogP contribution in [0, 0.1) is 0 Å². The van der Waals surface area contributed by atoms with Crippen molar-refractivity contribution in [3.8, 4) is 0 Å². The fourth-order valence-electron chi connectivity index (χ4n) is 2.47. The fraction of sp³-hybridized carbons (Fsp3) is 0.846. The Hall–Kier alpha value is -1.15. The first-order valence-electron chi connectivity index (χ1n) is 7.04. The van der Waals surface area contributed by atoms with Crippen molar-refractivity contribution < 1.29 is 23.1 Å². The monoisotopic (exact) mass is 320 g/mol. The third-order valence-electron chi connectivity index (χ3n) is 3.84. The summed E-state index contributed by atoms with van der Waals surface area (Å²) in [6.07, 6.45) is 1.12. The molecule has 0 aliphatic carbocycles. The molecule has 0 radical (unpaired) electrons. The van der Waals surface area contributed by atoms with Gasteiger partial charge in [-0.1, -0.05) is 6.92 Å². The van der Waals surface area contributed by atoms with Gasteiger partial charge < -0.3 is 10.4 Å². The molecule has 1 amide bonds. The minimum absolute atomic E-state index is 0.0352. The molecule has 1 aliphatic heterocycles. The van der Waals surface area contributed by atoms with E-state index in [0.717, 1.165) is 6.42 Å². The predicted molar refractivity (Wildman–Crippen MR) is 78.8 cm³/mol. The molecule has 2 unspecified atom stereocenters. The topological polar surface area (TPSA) is 104 Å². The van der Waals surface area contributed by atoms with Crippen LogP contribution >= 0.6 is 0 Å². The van der Waals surface area contributed by atoms with Gasteiger partial charge in [-0.2, -0.15) is 0 Å². The number of hydrogen-bond acceptors (Lipinski definition) is 5. The number of hydrogen-bond donors (Lipinski definition) is 2. The zero-order chi connectivity index (χ0) is 16.3. The predicted octanol–water partition coefficient (Wildman–Crippen LogP) is -0.135. The molecule has 1 saturated heterocycles. The molecule has 1 aliphatic rings. The highest BCUT2D eigenvalue weighted by molar-refractivity contribution is 7.91. The van der Waals surface area contributed by atoms with E-state index in [9.17, 15) is 18.0 Å². The summed E-state index contributed by atoms with van der Waals surface area (Å²) in [6, 6.07) is -0.0352. The standard InChI is InChI=1S/C13H24N2O5S/c1-4-10(2)15(8-12(17)18)7-11(16)14-13(3)5-6-21(19,20)9-13/h10H,4-9H2,1-3H3,(H,14,16)(H,17,18). The maximum atomic E-state index is 12.1. The number of nitrogens with zero attached hydrogens (tertiary/aromatic N) is 1. The van der Waals surface area contributed by atoms with E-state index in [1.807, 2.05) is 13.8 Å². The third-order valence-corrected chi connectivity index (χ3v) is 5.75. The van der Waals surface area contributed by atoms with Gasteiger partial charge in [-0.25, -0.2) is 8.42 Å². The van der Waals surface area contributed by atoms with Crippen molar-refractivity contribution in [1.82, 2.24) is 10.2 Å². The van der Waals surface area contributed by atoms with E-state index in [2.05, 4.69) is 5.32 Å². The highest BCUT2D eigenvalue weighted by Crippen LogP contribution is 2.22. The molecule has 7 nitrogen and oxygen atoms in total. The SMILES string of the molecule is CCC(C)N(CC(=O)O)CC(=O)NC1(C)CCS(=O)(=O)C1. The molecule has 0 aromatic rings. The maximum absolute atomic E-state index is 12.1. The summed E-state index contributed by atoms with van der Waals surface area (Å²) in [5.41, 5.74) is -0.750. The molecule has 1 rings (SSSR count). The summed E-state index contributed by atoms with van der Waals surface area (Å²) < 4.78 is 23.0. The summed E-state index contributed by atoms with van der Waals surface area (Å²) in [5.74, 6) is -1.31. The van der Waals surface area contributed by atoms with E-state index in [-0.39, 0.29) is 36.5 Å². The lowest BCUT2D eigenvalue weighted by atomic mass is 10.0. The molecule has 8 heteroatoms. The number of aliphatic carboxylic acids is 1. The highest BCUT2D eigenvalue weighted by atomic mass is 32.2. The zero-order valence-electron chi connectivity index (χ0n) is 12.8. The summed E-state index contributed by atoms with van der Waals surface area (Å²) in [5, 5.41) is 11.6. The van der Waals surface area contributed by atoms with E-state index in [4.69, 9.17) is 5.11 Å². The van der Waals surface area contributed by atoms with Gasteiger partial charge in [0.05, 0.1) is 30.1 Å². The van der Waals surface area contributed by atoms with Crippen LogP contribution in [0.1, 0.15) is 33.6 Å². The van der Waals surface area contributed by atoms with Gasteiger partial charge in [0.1, 0.15) is 0 Å². The first-order valence-corrected chi connectivity index (χ1v) is 8.86. The Bertz CT molecular complexity index is 505. The summed E-state index contributed by atoms with van der Waals surface area (Å²) in [7, 11) is -3.09. The van der Waals surface area contributed by atoms with Crippen molar-refractivity contribution in [2.24, 2.45) is 0 Å². The smallest absolute Gasteiger partial charge is 0.317 e. The molecule has 2 atom stereocenters. The minimum atomic E-state index is -3.09. The van der Waals surface area contributed by atoms with E-state index in [1.54, 1.807) is 11.8 Å². The van der Waals surface area contributed by atoms with Gasteiger partial charge in [0.15, 0.2) is 9.84 Å². The average Bonchev–Trinajstić information content (AvgIpc) is 2.60. The molecule has 0 bridgehead atoms. The van der Waals surface area contributed by atoms with Gasteiger partial charge in [-0.3, -0.25) is 14.5 Å². The van der Waals surface area contributed by atoms with E-state index in [0.29, 0.717) is 6.42 Å². The van der Waals surface area contributed by atoms with E-state index in [1.165, 1.54) is 0 Å². The second kappa shape index (κ2) is 6.74.